The monoisotopic (exact) mass is 525 g/mol. The van der Waals surface area contributed by atoms with Crippen molar-refractivity contribution < 1.29 is 9.15 Å². The molecule has 0 amide bonds. The molecule has 1 aromatic heterocycles. The zero-order chi connectivity index (χ0) is 20.2. The number of rotatable bonds is 5. The van der Waals surface area contributed by atoms with Crippen LogP contribution in [-0.4, -0.2) is 65.7 Å². The lowest BCUT2D eigenvalue weighted by atomic mass is 10.1. The predicted octanol–water partition coefficient (Wildman–Crippen LogP) is 2.96. The summed E-state index contributed by atoms with van der Waals surface area (Å²) in [6.45, 7) is 11.7. The van der Waals surface area contributed by atoms with Crippen LogP contribution in [0.1, 0.15) is 29.8 Å². The number of oxazole rings is 1. The molecule has 7 nitrogen and oxygen atoms in total. The summed E-state index contributed by atoms with van der Waals surface area (Å²) in [7, 11) is 0. The van der Waals surface area contributed by atoms with Crippen LogP contribution in [0.5, 0.6) is 0 Å². The quantitative estimate of drug-likeness (QED) is 0.368. The number of hydrogen-bond donors (Lipinski definition) is 1. The van der Waals surface area contributed by atoms with Crippen molar-refractivity contribution in [3.63, 3.8) is 0 Å². The van der Waals surface area contributed by atoms with Gasteiger partial charge in [-0.25, -0.2) is 9.98 Å². The van der Waals surface area contributed by atoms with Gasteiger partial charge in [0.05, 0.1) is 24.4 Å². The number of hydrogen-bond acceptors (Lipinski definition) is 5. The number of aryl methyl sites for hydroxylation is 2. The van der Waals surface area contributed by atoms with E-state index in [1.807, 2.05) is 13.8 Å². The molecule has 0 bridgehead atoms. The van der Waals surface area contributed by atoms with Gasteiger partial charge >= 0.3 is 0 Å². The molecule has 3 heterocycles. The van der Waals surface area contributed by atoms with E-state index in [4.69, 9.17) is 14.1 Å². The predicted molar refractivity (Wildman–Crippen MR) is 128 cm³/mol. The topological polar surface area (TPSA) is 66.1 Å². The van der Waals surface area contributed by atoms with Gasteiger partial charge in [-0.3, -0.25) is 4.90 Å². The number of halogens is 1. The summed E-state index contributed by atoms with van der Waals surface area (Å²) in [6.07, 6.45) is 0.211. The molecule has 2 aliphatic heterocycles. The molecule has 0 radical (unpaired) electrons. The first-order chi connectivity index (χ1) is 14.1. The Morgan fingerprint density at radius 1 is 1.23 bits per heavy atom. The number of nitrogens with one attached hydrogen (secondary N) is 1. The Hall–Kier alpha value is -1.65. The fourth-order valence-electron chi connectivity index (χ4n) is 4.12. The van der Waals surface area contributed by atoms with E-state index in [9.17, 15) is 0 Å². The number of guanidine groups is 1. The zero-order valence-corrected chi connectivity index (χ0v) is 20.3. The van der Waals surface area contributed by atoms with Gasteiger partial charge in [0.1, 0.15) is 12.3 Å². The number of aromatic nitrogens is 1. The van der Waals surface area contributed by atoms with Crippen LogP contribution in [0.4, 0.5) is 0 Å². The molecule has 1 aromatic carbocycles. The van der Waals surface area contributed by atoms with Gasteiger partial charge in [-0.1, -0.05) is 30.3 Å². The van der Waals surface area contributed by atoms with Crippen molar-refractivity contribution in [3.8, 4) is 0 Å². The van der Waals surface area contributed by atoms with Gasteiger partial charge in [-0.05, 0) is 26.3 Å². The Morgan fingerprint density at radius 3 is 2.73 bits per heavy atom. The second kappa shape index (κ2) is 10.6. The van der Waals surface area contributed by atoms with Gasteiger partial charge in [-0.2, -0.15) is 0 Å². The number of likely N-dealkylation sites (tertiary alicyclic amines) is 1. The molecule has 8 heteroatoms. The molecule has 2 aromatic rings. The maximum atomic E-state index is 6.11. The molecule has 0 saturated carbocycles. The third kappa shape index (κ3) is 5.33. The Morgan fingerprint density at radius 2 is 2.03 bits per heavy atom. The SMILES string of the molecule is CCNC(=NCc1nc(C)c(C)o1)N1CC2OCCN(Cc3ccccc3)C2C1.I. The molecule has 2 unspecified atom stereocenters. The molecule has 1 N–H and O–H groups in total. The van der Waals surface area contributed by atoms with E-state index in [1.54, 1.807) is 0 Å². The average molecular weight is 525 g/mol. The molecule has 30 heavy (non-hydrogen) atoms. The number of nitrogens with zero attached hydrogens (tertiary/aromatic N) is 4. The summed E-state index contributed by atoms with van der Waals surface area (Å²) in [6, 6.07) is 11.1. The lowest BCUT2D eigenvalue weighted by Crippen LogP contribution is -2.50. The summed E-state index contributed by atoms with van der Waals surface area (Å²) in [5.41, 5.74) is 2.28. The van der Waals surface area contributed by atoms with E-state index < -0.39 is 0 Å². The van der Waals surface area contributed by atoms with Crippen molar-refractivity contribution >= 4 is 29.9 Å². The lowest BCUT2D eigenvalue weighted by molar-refractivity contribution is -0.0502. The van der Waals surface area contributed by atoms with Gasteiger partial charge in [-0.15, -0.1) is 24.0 Å². The highest BCUT2D eigenvalue weighted by Gasteiger charge is 2.41. The minimum atomic E-state index is 0. The smallest absolute Gasteiger partial charge is 0.216 e. The van der Waals surface area contributed by atoms with E-state index >= 15 is 0 Å². The lowest BCUT2D eigenvalue weighted by Gasteiger charge is -2.36. The van der Waals surface area contributed by atoms with Crippen LogP contribution in [0.3, 0.4) is 0 Å². The van der Waals surface area contributed by atoms with E-state index in [2.05, 4.69) is 57.4 Å². The zero-order valence-electron chi connectivity index (χ0n) is 18.0. The van der Waals surface area contributed by atoms with E-state index in [-0.39, 0.29) is 30.1 Å². The minimum Gasteiger partial charge on any atom is -0.444 e. The second-order valence-electron chi connectivity index (χ2n) is 7.76. The second-order valence-corrected chi connectivity index (χ2v) is 7.76. The Labute approximate surface area is 195 Å². The third-order valence-electron chi connectivity index (χ3n) is 5.72. The Kier molecular flexibility index (Phi) is 8.13. The molecular weight excluding hydrogens is 493 g/mol. The van der Waals surface area contributed by atoms with Crippen molar-refractivity contribution in [2.24, 2.45) is 4.99 Å². The van der Waals surface area contributed by atoms with Crippen LogP contribution in [-0.2, 0) is 17.8 Å². The van der Waals surface area contributed by atoms with Crippen LogP contribution >= 0.6 is 24.0 Å². The average Bonchev–Trinajstić information content (AvgIpc) is 3.30. The molecule has 164 valence electrons. The van der Waals surface area contributed by atoms with Crippen molar-refractivity contribution in [1.29, 1.82) is 0 Å². The summed E-state index contributed by atoms with van der Waals surface area (Å²) in [5.74, 6) is 2.42. The Bertz CT molecular complexity index is 822. The highest BCUT2D eigenvalue weighted by molar-refractivity contribution is 14.0. The highest BCUT2D eigenvalue weighted by atomic mass is 127. The number of morpholine rings is 1. The largest absolute Gasteiger partial charge is 0.444 e. The molecule has 0 spiro atoms. The molecule has 2 aliphatic rings. The third-order valence-corrected chi connectivity index (χ3v) is 5.72. The number of fused-ring (bicyclic) bond motifs is 1. The van der Waals surface area contributed by atoms with E-state index in [0.717, 1.165) is 56.7 Å². The van der Waals surface area contributed by atoms with Crippen LogP contribution < -0.4 is 5.32 Å². The summed E-state index contributed by atoms with van der Waals surface area (Å²) >= 11 is 0. The van der Waals surface area contributed by atoms with Crippen molar-refractivity contribution in [1.82, 2.24) is 20.1 Å². The van der Waals surface area contributed by atoms with Crippen LogP contribution in [0, 0.1) is 13.8 Å². The van der Waals surface area contributed by atoms with Gasteiger partial charge in [0.2, 0.25) is 5.89 Å². The molecule has 2 saturated heterocycles. The van der Waals surface area contributed by atoms with E-state index in [1.165, 1.54) is 5.56 Å². The summed E-state index contributed by atoms with van der Waals surface area (Å²) in [4.78, 5) is 14.1. The van der Waals surface area contributed by atoms with Gasteiger partial charge in [0.15, 0.2) is 5.96 Å². The first-order valence-electron chi connectivity index (χ1n) is 10.5. The van der Waals surface area contributed by atoms with Gasteiger partial charge in [0, 0.05) is 32.7 Å². The number of ether oxygens (including phenoxy) is 1. The molecule has 4 rings (SSSR count). The molecule has 0 aliphatic carbocycles. The Balaban J connectivity index is 0.00000256. The molecule has 2 fully saturated rings. The van der Waals surface area contributed by atoms with E-state index in [0.29, 0.717) is 18.5 Å². The first kappa shape index (κ1) is 23.0. The summed E-state index contributed by atoms with van der Waals surface area (Å²) < 4.78 is 11.8. The van der Waals surface area contributed by atoms with Crippen molar-refractivity contribution in [2.75, 3.05) is 32.8 Å². The standard InChI is InChI=1S/C22H31N5O2.HI/c1-4-23-22(24-12-21-25-16(2)17(3)29-21)27-14-19-20(15-27)28-11-10-26(19)13-18-8-6-5-7-9-18;/h5-9,19-20H,4,10-15H2,1-3H3,(H,23,24);1H. The first-order valence-corrected chi connectivity index (χ1v) is 10.5. The maximum absolute atomic E-state index is 6.11. The maximum Gasteiger partial charge on any atom is 0.216 e. The van der Waals surface area contributed by atoms with Crippen molar-refractivity contribution in [3.05, 3.63) is 53.2 Å². The van der Waals surface area contributed by atoms with Crippen LogP contribution in [0.15, 0.2) is 39.7 Å². The minimum absolute atomic E-state index is 0. The number of aliphatic imine (C=N–C) groups is 1. The number of benzene rings is 1. The van der Waals surface area contributed by atoms with Gasteiger partial charge < -0.3 is 19.4 Å². The summed E-state index contributed by atoms with van der Waals surface area (Å²) in [5, 5.41) is 3.42. The van der Waals surface area contributed by atoms with Crippen LogP contribution in [0.25, 0.3) is 0 Å². The normalized spacial score (nSPS) is 22.0. The molecule has 2 atom stereocenters. The fraction of sp³-hybridized carbons (Fsp3) is 0.545. The van der Waals surface area contributed by atoms with Crippen LogP contribution in [0.2, 0.25) is 0 Å². The highest BCUT2D eigenvalue weighted by Crippen LogP contribution is 2.25. The molecular formula is C22H32IN5O2. The fourth-order valence-corrected chi connectivity index (χ4v) is 4.12. The van der Waals surface area contributed by atoms with Crippen molar-refractivity contribution in [2.45, 2.75) is 46.0 Å². The van der Waals surface area contributed by atoms with Gasteiger partial charge in [0.25, 0.3) is 0 Å².